The van der Waals surface area contributed by atoms with Crippen molar-refractivity contribution >= 4 is 17.1 Å². The average Bonchev–Trinajstić information content (AvgIpc) is 2.78. The van der Waals surface area contributed by atoms with Crippen LogP contribution in [0.4, 0.5) is 8.78 Å². The second-order valence-electron chi connectivity index (χ2n) is 3.46. The maximum atomic E-state index is 12.3. The zero-order chi connectivity index (χ0) is 13.1. The fraction of sp³-hybridized carbons (Fsp3) is 0.167. The van der Waals surface area contributed by atoms with E-state index in [1.54, 1.807) is 18.2 Å². The number of ether oxygens (including phenoxy) is 1. The zero-order valence-corrected chi connectivity index (χ0v) is 10.2. The first-order chi connectivity index (χ1) is 8.58. The third kappa shape index (κ3) is 2.70. The molecule has 0 aliphatic carbocycles. The summed E-state index contributed by atoms with van der Waals surface area (Å²) in [5.74, 6) is -0.0528. The number of nitrogens with zero attached hydrogens (tertiary/aromatic N) is 1. The average molecular weight is 269 g/mol. The van der Waals surface area contributed by atoms with Crippen LogP contribution in [-0.4, -0.2) is 17.4 Å². The number of halogens is 2. The van der Waals surface area contributed by atoms with E-state index in [-0.39, 0.29) is 11.5 Å². The van der Waals surface area contributed by atoms with Gasteiger partial charge in [-0.1, -0.05) is 12.1 Å². The third-order valence-corrected chi connectivity index (χ3v) is 3.32. The lowest BCUT2D eigenvalue weighted by molar-refractivity contribution is -0.0494. The minimum absolute atomic E-state index is 0.0527. The lowest BCUT2D eigenvalue weighted by atomic mass is 10.2. The van der Waals surface area contributed by atoms with Crippen LogP contribution in [-0.2, 0) is 0 Å². The van der Waals surface area contributed by atoms with Crippen LogP contribution in [0.5, 0.6) is 5.75 Å². The number of carbonyl (C=O) groups excluding carboxylic acids is 1. The molecule has 0 spiro atoms. The lowest BCUT2D eigenvalue weighted by Crippen LogP contribution is -2.02. The second-order valence-corrected chi connectivity index (χ2v) is 4.49. The van der Waals surface area contributed by atoms with Crippen molar-refractivity contribution in [3.63, 3.8) is 0 Å². The van der Waals surface area contributed by atoms with Crippen molar-refractivity contribution in [3.8, 4) is 16.3 Å². The summed E-state index contributed by atoms with van der Waals surface area (Å²) in [6.07, 6.45) is 1.43. The first-order valence-electron chi connectivity index (χ1n) is 5.09. The first-order valence-corrected chi connectivity index (χ1v) is 5.90. The highest BCUT2D eigenvalue weighted by Crippen LogP contribution is 2.33. The number of benzene rings is 1. The van der Waals surface area contributed by atoms with Crippen LogP contribution in [0.1, 0.15) is 16.6 Å². The Bertz CT molecular complexity index is 569. The minimum Gasteiger partial charge on any atom is -0.434 e. The van der Waals surface area contributed by atoms with Gasteiger partial charge in [-0.05, 0) is 12.1 Å². The maximum absolute atomic E-state index is 12.3. The quantitative estimate of drug-likeness (QED) is 0.796. The fourth-order valence-corrected chi connectivity index (χ4v) is 2.24. The summed E-state index contributed by atoms with van der Waals surface area (Å²) in [5, 5.41) is 0.483. The minimum atomic E-state index is -2.89. The molecule has 0 saturated heterocycles. The highest BCUT2D eigenvalue weighted by molar-refractivity contribution is 7.16. The predicted molar refractivity (Wildman–Crippen MR) is 64.2 cm³/mol. The number of hydrogen-bond acceptors (Lipinski definition) is 4. The van der Waals surface area contributed by atoms with E-state index in [9.17, 15) is 13.6 Å². The van der Waals surface area contributed by atoms with Crippen LogP contribution in [0.15, 0.2) is 30.5 Å². The van der Waals surface area contributed by atoms with E-state index in [1.807, 2.05) is 0 Å². The standard InChI is InChI=1S/C12H9F2NO2S/c1-7(16)10-6-15-11(18-10)8-4-2-3-5-9(8)17-12(13)14/h2-6,12H,1H3. The predicted octanol–water partition coefficient (Wildman–Crippen LogP) is 3.61. The van der Waals surface area contributed by atoms with Gasteiger partial charge in [-0.2, -0.15) is 8.78 Å². The SMILES string of the molecule is CC(=O)c1cnc(-c2ccccc2OC(F)F)s1. The largest absolute Gasteiger partial charge is 0.434 e. The Morgan fingerprint density at radius 1 is 1.39 bits per heavy atom. The summed E-state index contributed by atoms with van der Waals surface area (Å²) in [4.78, 5) is 15.7. The van der Waals surface area contributed by atoms with Crippen LogP contribution in [0.25, 0.3) is 10.6 Å². The summed E-state index contributed by atoms with van der Waals surface area (Å²) >= 11 is 1.15. The maximum Gasteiger partial charge on any atom is 0.387 e. The van der Waals surface area contributed by atoms with Crippen molar-refractivity contribution in [3.05, 3.63) is 35.3 Å². The molecule has 0 N–H and O–H groups in total. The van der Waals surface area contributed by atoms with Crippen LogP contribution < -0.4 is 4.74 Å². The van der Waals surface area contributed by atoms with E-state index >= 15 is 0 Å². The van der Waals surface area contributed by atoms with Crippen molar-refractivity contribution in [1.82, 2.24) is 4.98 Å². The number of Topliss-reactive ketones (excluding diaryl/α,β-unsaturated/α-hetero) is 1. The van der Waals surface area contributed by atoms with Crippen LogP contribution >= 0.6 is 11.3 Å². The number of carbonyl (C=O) groups is 1. The molecule has 94 valence electrons. The molecule has 0 bridgehead atoms. The molecule has 0 saturated carbocycles. The zero-order valence-electron chi connectivity index (χ0n) is 9.39. The van der Waals surface area contributed by atoms with E-state index in [2.05, 4.69) is 9.72 Å². The third-order valence-electron chi connectivity index (χ3n) is 2.19. The van der Waals surface area contributed by atoms with Crippen molar-refractivity contribution in [2.24, 2.45) is 0 Å². The van der Waals surface area contributed by atoms with Gasteiger partial charge in [0.1, 0.15) is 10.8 Å². The number of hydrogen-bond donors (Lipinski definition) is 0. The number of thiazole rings is 1. The number of aromatic nitrogens is 1. The summed E-state index contributed by atoms with van der Waals surface area (Å²) in [6, 6.07) is 6.36. The monoisotopic (exact) mass is 269 g/mol. The van der Waals surface area contributed by atoms with Crippen molar-refractivity contribution in [1.29, 1.82) is 0 Å². The van der Waals surface area contributed by atoms with Gasteiger partial charge in [0, 0.05) is 13.1 Å². The van der Waals surface area contributed by atoms with Gasteiger partial charge in [-0.25, -0.2) is 4.98 Å². The molecule has 2 rings (SSSR count). The molecule has 3 nitrogen and oxygen atoms in total. The Kier molecular flexibility index (Phi) is 3.66. The molecule has 0 radical (unpaired) electrons. The van der Waals surface area contributed by atoms with Crippen molar-refractivity contribution in [2.45, 2.75) is 13.5 Å². The van der Waals surface area contributed by atoms with Gasteiger partial charge >= 0.3 is 6.61 Å². The number of para-hydroxylation sites is 1. The molecular weight excluding hydrogens is 260 g/mol. The molecule has 0 aliphatic heterocycles. The van der Waals surface area contributed by atoms with Gasteiger partial charge in [-0.15, -0.1) is 11.3 Å². The Morgan fingerprint density at radius 3 is 2.72 bits per heavy atom. The molecular formula is C12H9F2NO2S. The van der Waals surface area contributed by atoms with Crippen molar-refractivity contribution < 1.29 is 18.3 Å². The van der Waals surface area contributed by atoms with Crippen LogP contribution in [0.3, 0.4) is 0 Å². The molecule has 1 aromatic carbocycles. The molecule has 1 heterocycles. The van der Waals surface area contributed by atoms with Crippen LogP contribution in [0, 0.1) is 0 Å². The van der Waals surface area contributed by atoms with Crippen LogP contribution in [0.2, 0.25) is 0 Å². The van der Waals surface area contributed by atoms with Gasteiger partial charge in [0.25, 0.3) is 0 Å². The number of rotatable bonds is 4. The summed E-state index contributed by atoms with van der Waals surface area (Å²) in [6.45, 7) is -1.46. The number of alkyl halides is 2. The summed E-state index contributed by atoms with van der Waals surface area (Å²) < 4.78 is 28.9. The molecule has 0 atom stereocenters. The first kappa shape index (κ1) is 12.6. The summed E-state index contributed by atoms with van der Waals surface area (Å²) in [5.41, 5.74) is 0.454. The molecule has 1 aromatic heterocycles. The number of ketones is 1. The lowest BCUT2D eigenvalue weighted by Gasteiger charge is -2.07. The normalized spacial score (nSPS) is 10.7. The molecule has 2 aromatic rings. The molecule has 18 heavy (non-hydrogen) atoms. The Morgan fingerprint density at radius 2 is 2.11 bits per heavy atom. The van der Waals surface area contributed by atoms with Gasteiger partial charge in [0.05, 0.1) is 10.4 Å². The van der Waals surface area contributed by atoms with Crippen molar-refractivity contribution in [2.75, 3.05) is 0 Å². The fourth-order valence-electron chi connectivity index (χ4n) is 1.40. The van der Waals surface area contributed by atoms with Gasteiger partial charge in [0.15, 0.2) is 5.78 Å². The Hall–Kier alpha value is -1.82. The van der Waals surface area contributed by atoms with E-state index in [0.29, 0.717) is 15.4 Å². The Balaban J connectivity index is 2.39. The highest BCUT2D eigenvalue weighted by atomic mass is 32.1. The van der Waals surface area contributed by atoms with Gasteiger partial charge in [0.2, 0.25) is 0 Å². The van der Waals surface area contributed by atoms with E-state index in [4.69, 9.17) is 0 Å². The molecule has 6 heteroatoms. The molecule has 0 amide bonds. The van der Waals surface area contributed by atoms with Gasteiger partial charge < -0.3 is 4.74 Å². The Labute approximate surface area is 106 Å². The van der Waals surface area contributed by atoms with E-state index < -0.39 is 6.61 Å². The molecule has 0 aliphatic rings. The smallest absolute Gasteiger partial charge is 0.387 e. The highest BCUT2D eigenvalue weighted by Gasteiger charge is 2.14. The van der Waals surface area contributed by atoms with Gasteiger partial charge in [-0.3, -0.25) is 4.79 Å². The topological polar surface area (TPSA) is 39.2 Å². The second kappa shape index (κ2) is 5.22. The molecule has 0 unspecified atom stereocenters. The van der Waals surface area contributed by atoms with E-state index in [1.165, 1.54) is 19.2 Å². The van der Waals surface area contributed by atoms with E-state index in [0.717, 1.165) is 11.3 Å². The molecule has 0 fully saturated rings. The summed E-state index contributed by atoms with van der Waals surface area (Å²) in [7, 11) is 0.